The zero-order valence-corrected chi connectivity index (χ0v) is 17.1. The number of amides is 1. The Labute approximate surface area is 161 Å². The van der Waals surface area contributed by atoms with Crippen LogP contribution in [-0.2, 0) is 4.74 Å². The molecule has 0 aliphatic heterocycles. The Morgan fingerprint density at radius 3 is 2.41 bits per heavy atom. The molecule has 0 heterocycles. The van der Waals surface area contributed by atoms with Crippen molar-refractivity contribution in [2.75, 3.05) is 39.2 Å². The Balaban J connectivity index is 2.54. The fraction of sp³-hybridized carbons (Fsp3) is 0.579. The van der Waals surface area contributed by atoms with Crippen molar-refractivity contribution >= 4 is 17.7 Å². The lowest BCUT2D eigenvalue weighted by Gasteiger charge is -2.19. The van der Waals surface area contributed by atoms with Crippen molar-refractivity contribution in [1.29, 1.82) is 0 Å². The molecule has 1 rings (SSSR count). The van der Waals surface area contributed by atoms with Gasteiger partial charge in [-0.25, -0.2) is 4.79 Å². The summed E-state index contributed by atoms with van der Waals surface area (Å²) in [5.74, 6) is 1.96. The average Bonchev–Trinajstić information content (AvgIpc) is 2.59. The van der Waals surface area contributed by atoms with Crippen molar-refractivity contribution in [3.05, 3.63) is 18.2 Å². The molecule has 0 spiro atoms. The molecule has 0 unspecified atom stereocenters. The molecule has 152 valence electrons. The highest BCUT2D eigenvalue weighted by Gasteiger charge is 2.15. The summed E-state index contributed by atoms with van der Waals surface area (Å²) in [7, 11) is 3.19. The number of nitrogens with one attached hydrogen (secondary N) is 3. The summed E-state index contributed by atoms with van der Waals surface area (Å²) in [4.78, 5) is 16.1. The van der Waals surface area contributed by atoms with Crippen molar-refractivity contribution in [3.63, 3.8) is 0 Å². The lowest BCUT2D eigenvalue weighted by molar-refractivity contribution is 0.0527. The van der Waals surface area contributed by atoms with E-state index in [0.29, 0.717) is 37.0 Å². The molecule has 27 heavy (non-hydrogen) atoms. The number of benzene rings is 1. The fourth-order valence-corrected chi connectivity index (χ4v) is 2.13. The second-order valence-electron chi connectivity index (χ2n) is 6.74. The number of anilines is 1. The van der Waals surface area contributed by atoms with Crippen molar-refractivity contribution in [2.45, 2.75) is 39.7 Å². The number of hydrogen-bond acceptors (Lipinski definition) is 5. The van der Waals surface area contributed by atoms with Gasteiger partial charge < -0.3 is 30.2 Å². The van der Waals surface area contributed by atoms with Crippen LogP contribution in [0.2, 0.25) is 0 Å². The number of alkyl carbamates (subject to hydrolysis) is 1. The first kappa shape index (κ1) is 22.4. The minimum atomic E-state index is -0.496. The van der Waals surface area contributed by atoms with E-state index in [-0.39, 0.29) is 0 Å². The highest BCUT2D eigenvalue weighted by atomic mass is 16.6. The van der Waals surface area contributed by atoms with Gasteiger partial charge >= 0.3 is 6.09 Å². The Morgan fingerprint density at radius 1 is 1.11 bits per heavy atom. The second-order valence-corrected chi connectivity index (χ2v) is 6.74. The predicted molar refractivity (Wildman–Crippen MR) is 108 cm³/mol. The summed E-state index contributed by atoms with van der Waals surface area (Å²) < 4.78 is 15.7. The molecule has 8 nitrogen and oxygen atoms in total. The van der Waals surface area contributed by atoms with Crippen molar-refractivity contribution < 1.29 is 19.0 Å². The molecule has 0 aromatic heterocycles. The normalized spacial score (nSPS) is 11.6. The summed E-state index contributed by atoms with van der Waals surface area (Å²) in [5.41, 5.74) is 0.336. The van der Waals surface area contributed by atoms with Gasteiger partial charge in [0.1, 0.15) is 5.60 Å². The van der Waals surface area contributed by atoms with Crippen LogP contribution >= 0.6 is 0 Å². The number of ether oxygens (including phenoxy) is 3. The quantitative estimate of drug-likeness (QED) is 0.365. The van der Waals surface area contributed by atoms with Crippen LogP contribution < -0.4 is 25.4 Å². The number of methoxy groups -OCH3 is 2. The molecular weight excluding hydrogens is 348 g/mol. The number of rotatable bonds is 8. The summed E-state index contributed by atoms with van der Waals surface area (Å²) >= 11 is 0. The van der Waals surface area contributed by atoms with E-state index in [1.165, 1.54) is 0 Å². The SMILES string of the molecule is CCNC(=NCCCNC(=O)OC(C)(C)C)Nc1ccc(OC)c(OC)c1. The van der Waals surface area contributed by atoms with Gasteiger partial charge in [-0.05, 0) is 46.2 Å². The highest BCUT2D eigenvalue weighted by molar-refractivity contribution is 5.93. The van der Waals surface area contributed by atoms with Crippen LogP contribution in [0.15, 0.2) is 23.2 Å². The predicted octanol–water partition coefficient (Wildman–Crippen LogP) is 3.00. The first-order valence-electron chi connectivity index (χ1n) is 9.03. The number of hydrogen-bond donors (Lipinski definition) is 3. The third-order valence-electron chi connectivity index (χ3n) is 3.26. The van der Waals surface area contributed by atoms with E-state index in [0.717, 1.165) is 12.2 Å². The van der Waals surface area contributed by atoms with Gasteiger partial charge in [0.25, 0.3) is 0 Å². The molecule has 1 amide bonds. The minimum Gasteiger partial charge on any atom is -0.493 e. The van der Waals surface area contributed by atoms with Crippen molar-refractivity contribution in [1.82, 2.24) is 10.6 Å². The minimum absolute atomic E-state index is 0.415. The fourth-order valence-electron chi connectivity index (χ4n) is 2.13. The van der Waals surface area contributed by atoms with Gasteiger partial charge in [-0.1, -0.05) is 0 Å². The number of guanidine groups is 1. The van der Waals surface area contributed by atoms with Gasteiger partial charge in [-0.3, -0.25) is 4.99 Å². The third-order valence-corrected chi connectivity index (χ3v) is 3.26. The van der Waals surface area contributed by atoms with Crippen LogP contribution in [0.3, 0.4) is 0 Å². The molecule has 0 fully saturated rings. The van der Waals surface area contributed by atoms with Gasteiger partial charge in [0.15, 0.2) is 17.5 Å². The van der Waals surface area contributed by atoms with Crippen LogP contribution in [0.25, 0.3) is 0 Å². The average molecular weight is 380 g/mol. The van der Waals surface area contributed by atoms with Gasteiger partial charge in [0.05, 0.1) is 14.2 Å². The molecule has 0 aliphatic carbocycles. The molecule has 0 aliphatic rings. The maximum absolute atomic E-state index is 11.6. The summed E-state index contributed by atoms with van der Waals surface area (Å²) in [6.07, 6.45) is 0.281. The van der Waals surface area contributed by atoms with Crippen LogP contribution in [0.4, 0.5) is 10.5 Å². The Morgan fingerprint density at radius 2 is 1.81 bits per heavy atom. The number of carbonyl (C=O) groups excluding carboxylic acids is 1. The summed E-state index contributed by atoms with van der Waals surface area (Å²) in [5, 5.41) is 9.13. The number of nitrogens with zero attached hydrogens (tertiary/aromatic N) is 1. The molecule has 0 atom stereocenters. The summed E-state index contributed by atoms with van der Waals surface area (Å²) in [6.45, 7) is 9.27. The van der Waals surface area contributed by atoms with Gasteiger partial charge in [0.2, 0.25) is 0 Å². The number of aliphatic imine (C=N–C) groups is 1. The third kappa shape index (κ3) is 9.03. The molecule has 0 bridgehead atoms. The lowest BCUT2D eigenvalue weighted by Crippen LogP contribution is -2.33. The van der Waals surface area contributed by atoms with E-state index in [9.17, 15) is 4.79 Å². The molecule has 0 radical (unpaired) electrons. The van der Waals surface area contributed by atoms with Crippen LogP contribution in [-0.4, -0.2) is 51.5 Å². The molecule has 0 saturated carbocycles. The Hall–Kier alpha value is -2.64. The Kier molecular flexibility index (Phi) is 9.25. The molecule has 1 aromatic carbocycles. The van der Waals surface area contributed by atoms with Crippen LogP contribution in [0.5, 0.6) is 11.5 Å². The van der Waals surface area contributed by atoms with Crippen molar-refractivity contribution in [2.24, 2.45) is 4.99 Å². The van der Waals surface area contributed by atoms with Crippen LogP contribution in [0.1, 0.15) is 34.1 Å². The smallest absolute Gasteiger partial charge is 0.407 e. The van der Waals surface area contributed by atoms with E-state index >= 15 is 0 Å². The number of carbonyl (C=O) groups is 1. The first-order valence-corrected chi connectivity index (χ1v) is 9.03. The molecular formula is C19H32N4O4. The maximum atomic E-state index is 11.6. The zero-order valence-electron chi connectivity index (χ0n) is 17.1. The van der Waals surface area contributed by atoms with Gasteiger partial charge in [-0.2, -0.15) is 0 Å². The highest BCUT2D eigenvalue weighted by Crippen LogP contribution is 2.29. The monoisotopic (exact) mass is 380 g/mol. The molecule has 1 aromatic rings. The van der Waals surface area contributed by atoms with Crippen LogP contribution in [0, 0.1) is 0 Å². The van der Waals surface area contributed by atoms with E-state index in [4.69, 9.17) is 14.2 Å². The molecule has 0 saturated heterocycles. The lowest BCUT2D eigenvalue weighted by atomic mass is 10.2. The topological polar surface area (TPSA) is 93.2 Å². The second kappa shape index (κ2) is 11.2. The zero-order chi connectivity index (χ0) is 20.3. The van der Waals surface area contributed by atoms with Gasteiger partial charge in [-0.15, -0.1) is 0 Å². The van der Waals surface area contributed by atoms with Gasteiger partial charge in [0, 0.05) is 31.4 Å². The van der Waals surface area contributed by atoms with E-state index < -0.39 is 11.7 Å². The van der Waals surface area contributed by atoms with E-state index in [1.807, 2.05) is 45.9 Å². The standard InChI is InChI=1S/C19H32N4O4/c1-7-20-17(21-11-8-12-22-18(24)27-19(2,3)4)23-14-9-10-15(25-5)16(13-14)26-6/h9-10,13H,7-8,11-12H2,1-6H3,(H,22,24)(H2,20,21,23). The maximum Gasteiger partial charge on any atom is 0.407 e. The largest absolute Gasteiger partial charge is 0.493 e. The molecule has 8 heteroatoms. The summed E-state index contributed by atoms with van der Waals surface area (Å²) in [6, 6.07) is 5.56. The van der Waals surface area contributed by atoms with E-state index in [1.54, 1.807) is 14.2 Å². The van der Waals surface area contributed by atoms with E-state index in [2.05, 4.69) is 20.9 Å². The van der Waals surface area contributed by atoms with Crippen molar-refractivity contribution in [3.8, 4) is 11.5 Å². The Bertz CT molecular complexity index is 627. The molecule has 3 N–H and O–H groups in total. The first-order chi connectivity index (χ1) is 12.8.